The number of hydrogen-bond acceptors (Lipinski definition) is 4. The van der Waals surface area contributed by atoms with E-state index in [0.717, 1.165) is 6.20 Å². The maximum atomic E-state index is 14.1. The molecule has 170 valence electrons. The molecule has 0 atom stereocenters. The van der Waals surface area contributed by atoms with Crippen LogP contribution in [0.1, 0.15) is 16.1 Å². The predicted octanol–water partition coefficient (Wildman–Crippen LogP) is 5.19. The van der Waals surface area contributed by atoms with Gasteiger partial charge in [-0.1, -0.05) is 23.7 Å². The Hall–Kier alpha value is -4.18. The summed E-state index contributed by atoms with van der Waals surface area (Å²) in [5, 5.41) is 7.64. The summed E-state index contributed by atoms with van der Waals surface area (Å²) in [5.41, 5.74) is -1.67. The average Bonchev–Trinajstić information content (AvgIpc) is 3.26. The van der Waals surface area contributed by atoms with Gasteiger partial charge >= 0.3 is 6.18 Å². The number of halogens is 4. The van der Waals surface area contributed by atoms with E-state index in [0.29, 0.717) is 20.6 Å². The van der Waals surface area contributed by atoms with Crippen molar-refractivity contribution in [2.75, 3.05) is 5.32 Å². The van der Waals surface area contributed by atoms with Gasteiger partial charge in [0.2, 0.25) is 0 Å². The van der Waals surface area contributed by atoms with Gasteiger partial charge in [0.25, 0.3) is 11.5 Å². The molecule has 0 fully saturated rings. The fourth-order valence-electron chi connectivity index (χ4n) is 3.74. The molecule has 0 unspecified atom stereocenters. The van der Waals surface area contributed by atoms with Crippen molar-refractivity contribution < 1.29 is 18.0 Å². The third-order valence-electron chi connectivity index (χ3n) is 5.23. The number of fused-ring (bicyclic) bond motifs is 2. The molecular formula is C23H13ClF3N5O2. The summed E-state index contributed by atoms with van der Waals surface area (Å²) < 4.78 is 43.0. The van der Waals surface area contributed by atoms with Crippen molar-refractivity contribution in [3.63, 3.8) is 0 Å². The lowest BCUT2D eigenvalue weighted by molar-refractivity contribution is -0.143. The van der Waals surface area contributed by atoms with Crippen LogP contribution in [0, 0.1) is 0 Å². The molecule has 2 N–H and O–H groups in total. The number of H-pyrrole nitrogens is 1. The van der Waals surface area contributed by atoms with Gasteiger partial charge in [-0.2, -0.15) is 18.3 Å². The van der Waals surface area contributed by atoms with Crippen molar-refractivity contribution in [2.45, 2.75) is 6.18 Å². The fourth-order valence-corrected chi connectivity index (χ4v) is 3.96. The molecule has 0 aliphatic carbocycles. The topological polar surface area (TPSA) is 92.7 Å². The second-order valence-electron chi connectivity index (χ2n) is 7.35. The molecule has 34 heavy (non-hydrogen) atoms. The normalized spacial score (nSPS) is 11.8. The Morgan fingerprint density at radius 3 is 2.62 bits per heavy atom. The number of aromatic amines is 1. The number of benzene rings is 2. The first kappa shape index (κ1) is 21.7. The molecule has 0 aliphatic heterocycles. The smallest absolute Gasteiger partial charge is 0.329 e. The van der Waals surface area contributed by atoms with Crippen molar-refractivity contribution in [1.29, 1.82) is 0 Å². The van der Waals surface area contributed by atoms with Crippen molar-refractivity contribution in [3.8, 4) is 5.69 Å². The van der Waals surface area contributed by atoms with Gasteiger partial charge in [0.1, 0.15) is 0 Å². The summed E-state index contributed by atoms with van der Waals surface area (Å²) in [7, 11) is 0. The van der Waals surface area contributed by atoms with Crippen LogP contribution in [0.4, 0.5) is 18.9 Å². The van der Waals surface area contributed by atoms with Gasteiger partial charge in [-0.15, -0.1) is 0 Å². The Balaban J connectivity index is 1.60. The number of pyridine rings is 2. The summed E-state index contributed by atoms with van der Waals surface area (Å²) in [5.74, 6) is -1.02. The molecule has 0 aliphatic rings. The van der Waals surface area contributed by atoms with E-state index in [2.05, 4.69) is 20.4 Å². The minimum Gasteiger partial charge on any atom is -0.329 e. The van der Waals surface area contributed by atoms with Crippen molar-refractivity contribution in [2.24, 2.45) is 0 Å². The van der Waals surface area contributed by atoms with E-state index in [4.69, 9.17) is 11.6 Å². The third kappa shape index (κ3) is 3.67. The van der Waals surface area contributed by atoms with Crippen molar-refractivity contribution in [3.05, 3.63) is 93.8 Å². The standard InChI is InChI=1S/C23H13ClF3N5O2/c24-17-4-2-5-18-15(17)9-12(10-29-18)31-22(34)16-11-30-32(20(16)23(25,26)27)19-6-1-3-14-13(19)7-8-28-21(14)33/h1-11H,(H,28,33)(H,31,34). The van der Waals surface area contributed by atoms with Crippen LogP contribution in [0.25, 0.3) is 27.4 Å². The highest BCUT2D eigenvalue weighted by Gasteiger charge is 2.41. The van der Waals surface area contributed by atoms with Gasteiger partial charge in [-0.05, 0) is 36.4 Å². The number of anilines is 1. The van der Waals surface area contributed by atoms with E-state index in [-0.39, 0.29) is 22.1 Å². The Bertz CT molecular complexity index is 1640. The van der Waals surface area contributed by atoms with Crippen LogP contribution in [-0.4, -0.2) is 25.7 Å². The van der Waals surface area contributed by atoms with Gasteiger partial charge in [0.15, 0.2) is 5.69 Å². The van der Waals surface area contributed by atoms with Gasteiger partial charge in [-0.25, -0.2) is 4.68 Å². The number of rotatable bonds is 3. The Labute approximate surface area is 193 Å². The largest absolute Gasteiger partial charge is 0.434 e. The highest BCUT2D eigenvalue weighted by Crippen LogP contribution is 2.35. The van der Waals surface area contributed by atoms with Crippen LogP contribution in [0.2, 0.25) is 5.02 Å². The van der Waals surface area contributed by atoms with E-state index in [1.807, 2.05) is 0 Å². The van der Waals surface area contributed by atoms with Crippen LogP contribution in [-0.2, 0) is 6.18 Å². The minimum atomic E-state index is -4.92. The number of hydrogen-bond donors (Lipinski definition) is 2. The van der Waals surface area contributed by atoms with Gasteiger partial charge in [0, 0.05) is 22.4 Å². The third-order valence-corrected chi connectivity index (χ3v) is 5.56. The summed E-state index contributed by atoms with van der Waals surface area (Å²) >= 11 is 6.16. The molecule has 0 saturated heterocycles. The minimum absolute atomic E-state index is 0.00845. The first-order valence-corrected chi connectivity index (χ1v) is 10.2. The molecule has 0 radical (unpaired) electrons. The van der Waals surface area contributed by atoms with Gasteiger partial charge < -0.3 is 10.3 Å². The molecule has 0 spiro atoms. The zero-order chi connectivity index (χ0) is 24.0. The lowest BCUT2D eigenvalue weighted by atomic mass is 10.1. The number of amides is 1. The maximum absolute atomic E-state index is 14.1. The first-order chi connectivity index (χ1) is 16.2. The number of carbonyl (C=O) groups is 1. The second kappa shape index (κ2) is 7.99. The molecule has 7 nitrogen and oxygen atoms in total. The summed E-state index contributed by atoms with van der Waals surface area (Å²) in [4.78, 5) is 31.6. The van der Waals surface area contributed by atoms with E-state index >= 15 is 0 Å². The lowest BCUT2D eigenvalue weighted by Gasteiger charge is -2.14. The summed E-state index contributed by atoms with van der Waals surface area (Å²) in [6.07, 6.45) is -1.43. The van der Waals surface area contributed by atoms with Crippen LogP contribution in [0.5, 0.6) is 0 Å². The van der Waals surface area contributed by atoms with E-state index in [1.54, 1.807) is 18.2 Å². The Morgan fingerprint density at radius 1 is 1.03 bits per heavy atom. The predicted molar refractivity (Wildman–Crippen MR) is 121 cm³/mol. The number of nitrogens with one attached hydrogen (secondary N) is 2. The zero-order valence-electron chi connectivity index (χ0n) is 17.0. The fraction of sp³-hybridized carbons (Fsp3) is 0.0435. The number of alkyl halides is 3. The molecular weight excluding hydrogens is 471 g/mol. The summed E-state index contributed by atoms with van der Waals surface area (Å²) in [6.45, 7) is 0. The molecule has 0 saturated carbocycles. The quantitative estimate of drug-likeness (QED) is 0.369. The van der Waals surface area contributed by atoms with Crippen molar-refractivity contribution in [1.82, 2.24) is 19.7 Å². The first-order valence-electron chi connectivity index (χ1n) is 9.85. The zero-order valence-corrected chi connectivity index (χ0v) is 17.8. The van der Waals surface area contributed by atoms with Crippen LogP contribution in [0.3, 0.4) is 0 Å². The molecule has 3 aromatic heterocycles. The van der Waals surface area contributed by atoms with Crippen LogP contribution < -0.4 is 10.9 Å². The van der Waals surface area contributed by atoms with Gasteiger partial charge in [0.05, 0.1) is 39.9 Å². The van der Waals surface area contributed by atoms with E-state index in [1.165, 1.54) is 42.7 Å². The van der Waals surface area contributed by atoms with E-state index in [9.17, 15) is 22.8 Å². The SMILES string of the molecule is O=C(Nc1cnc2cccc(Cl)c2c1)c1cnn(-c2cccc3c(=O)[nH]ccc23)c1C(F)(F)F. The Morgan fingerprint density at radius 2 is 1.82 bits per heavy atom. The molecule has 5 rings (SSSR count). The van der Waals surface area contributed by atoms with Crippen LogP contribution in [0.15, 0.2) is 71.9 Å². The number of nitrogens with zero attached hydrogens (tertiary/aromatic N) is 3. The molecule has 1 amide bonds. The summed E-state index contributed by atoms with van der Waals surface area (Å²) in [6, 6.07) is 12.4. The monoisotopic (exact) mass is 483 g/mol. The molecule has 0 bridgehead atoms. The highest BCUT2D eigenvalue weighted by atomic mass is 35.5. The van der Waals surface area contributed by atoms with E-state index < -0.39 is 28.9 Å². The highest BCUT2D eigenvalue weighted by molar-refractivity contribution is 6.35. The number of aromatic nitrogens is 4. The Kier molecular flexibility index (Phi) is 5.09. The van der Waals surface area contributed by atoms with Crippen molar-refractivity contribution >= 4 is 44.9 Å². The van der Waals surface area contributed by atoms with Gasteiger partial charge in [-0.3, -0.25) is 14.6 Å². The average molecular weight is 484 g/mol. The maximum Gasteiger partial charge on any atom is 0.434 e. The molecule has 3 heterocycles. The molecule has 2 aromatic carbocycles. The van der Waals surface area contributed by atoms with Crippen LogP contribution >= 0.6 is 11.6 Å². The number of carbonyl (C=O) groups excluding carboxylic acids is 1. The second-order valence-corrected chi connectivity index (χ2v) is 7.75. The molecule has 5 aromatic rings. The molecule has 11 heteroatoms. The lowest BCUT2D eigenvalue weighted by Crippen LogP contribution is -2.21.